The summed E-state index contributed by atoms with van der Waals surface area (Å²) in [6.07, 6.45) is 6.01. The third kappa shape index (κ3) is 4.01. The van der Waals surface area contributed by atoms with Gasteiger partial charge in [-0.2, -0.15) is 0 Å². The topological polar surface area (TPSA) is 45.2 Å². The number of pyridine rings is 1. The zero-order valence-corrected chi connectivity index (χ0v) is 14.2. The Kier molecular flexibility index (Phi) is 5.26. The zero-order chi connectivity index (χ0) is 16.8. The number of likely N-dealkylation sites (tertiary alicyclic amines) is 1. The molecule has 1 saturated heterocycles. The number of nitrogens with one attached hydrogen (secondary N) is 1. The van der Waals surface area contributed by atoms with Gasteiger partial charge in [0.25, 0.3) is 0 Å². The van der Waals surface area contributed by atoms with Gasteiger partial charge in [0.2, 0.25) is 5.91 Å². The van der Waals surface area contributed by atoms with Crippen LogP contribution in [0.3, 0.4) is 0 Å². The SMILES string of the molecule is CN1CCC(CNC(=O)Cc2ccncc2)(c2ccccc2)CC1. The minimum Gasteiger partial charge on any atom is -0.355 e. The normalized spacial score (nSPS) is 17.4. The van der Waals surface area contributed by atoms with Crippen LogP contribution in [0.1, 0.15) is 24.0 Å². The van der Waals surface area contributed by atoms with E-state index < -0.39 is 0 Å². The third-order valence-corrected chi connectivity index (χ3v) is 5.07. The van der Waals surface area contributed by atoms with Gasteiger partial charge in [-0.25, -0.2) is 0 Å². The standard InChI is InChI=1S/C20H25N3O/c1-23-13-9-20(10-14-23,18-5-3-2-4-6-18)16-22-19(24)15-17-7-11-21-12-8-17/h2-8,11-12H,9-10,13-16H2,1H3,(H,22,24). The van der Waals surface area contributed by atoms with Gasteiger partial charge in [0.1, 0.15) is 0 Å². The van der Waals surface area contributed by atoms with Crippen LogP contribution in [0.5, 0.6) is 0 Å². The highest BCUT2D eigenvalue weighted by atomic mass is 16.1. The van der Waals surface area contributed by atoms with Gasteiger partial charge < -0.3 is 10.2 Å². The fourth-order valence-electron chi connectivity index (χ4n) is 3.42. The molecule has 0 unspecified atom stereocenters. The number of carbonyl (C=O) groups excluding carboxylic acids is 1. The van der Waals surface area contributed by atoms with Gasteiger partial charge in [-0.05, 0) is 56.2 Å². The molecule has 1 aliphatic rings. The molecule has 0 aliphatic carbocycles. The second-order valence-corrected chi connectivity index (χ2v) is 6.76. The molecule has 2 aromatic rings. The second-order valence-electron chi connectivity index (χ2n) is 6.76. The minimum absolute atomic E-state index is 0.0433. The summed E-state index contributed by atoms with van der Waals surface area (Å²) in [4.78, 5) is 18.7. The lowest BCUT2D eigenvalue weighted by Crippen LogP contribution is -2.48. The molecule has 0 atom stereocenters. The first-order valence-corrected chi connectivity index (χ1v) is 8.58. The molecule has 0 spiro atoms. The number of nitrogens with zero attached hydrogens (tertiary/aromatic N) is 2. The van der Waals surface area contributed by atoms with Gasteiger partial charge in [-0.1, -0.05) is 30.3 Å². The molecule has 4 nitrogen and oxygen atoms in total. The largest absolute Gasteiger partial charge is 0.355 e. The van der Waals surface area contributed by atoms with Crippen molar-refractivity contribution in [2.24, 2.45) is 0 Å². The van der Waals surface area contributed by atoms with E-state index in [1.54, 1.807) is 12.4 Å². The fraction of sp³-hybridized carbons (Fsp3) is 0.400. The van der Waals surface area contributed by atoms with Crippen LogP contribution in [0, 0.1) is 0 Å². The average molecular weight is 323 g/mol. The van der Waals surface area contributed by atoms with Gasteiger partial charge >= 0.3 is 0 Å². The van der Waals surface area contributed by atoms with Crippen LogP contribution >= 0.6 is 0 Å². The van der Waals surface area contributed by atoms with Crippen molar-refractivity contribution in [1.82, 2.24) is 15.2 Å². The molecule has 1 aromatic carbocycles. The fourth-order valence-corrected chi connectivity index (χ4v) is 3.42. The summed E-state index contributed by atoms with van der Waals surface area (Å²) in [6.45, 7) is 2.83. The highest BCUT2D eigenvalue weighted by Gasteiger charge is 2.35. The molecule has 0 bridgehead atoms. The highest BCUT2D eigenvalue weighted by molar-refractivity contribution is 5.78. The predicted octanol–water partition coefficient (Wildman–Crippen LogP) is 2.40. The van der Waals surface area contributed by atoms with E-state index >= 15 is 0 Å². The van der Waals surface area contributed by atoms with Crippen molar-refractivity contribution >= 4 is 5.91 Å². The van der Waals surface area contributed by atoms with E-state index in [0.717, 1.165) is 31.5 Å². The van der Waals surface area contributed by atoms with E-state index in [1.165, 1.54) is 5.56 Å². The van der Waals surface area contributed by atoms with Crippen LogP contribution in [0.25, 0.3) is 0 Å². The number of rotatable bonds is 5. The first-order valence-electron chi connectivity index (χ1n) is 8.58. The molecule has 1 fully saturated rings. The first-order chi connectivity index (χ1) is 11.7. The lowest BCUT2D eigenvalue weighted by molar-refractivity contribution is -0.120. The molecule has 1 amide bonds. The summed E-state index contributed by atoms with van der Waals surface area (Å²) >= 11 is 0. The monoisotopic (exact) mass is 323 g/mol. The van der Waals surface area contributed by atoms with Gasteiger partial charge in [0, 0.05) is 24.4 Å². The van der Waals surface area contributed by atoms with Gasteiger partial charge in [-0.15, -0.1) is 0 Å². The molecular formula is C20H25N3O. The lowest BCUT2D eigenvalue weighted by Gasteiger charge is -2.41. The molecule has 1 aliphatic heterocycles. The van der Waals surface area contributed by atoms with Crippen LogP contribution < -0.4 is 5.32 Å². The first kappa shape index (κ1) is 16.7. The number of carbonyl (C=O) groups is 1. The van der Waals surface area contributed by atoms with Crippen molar-refractivity contribution in [3.8, 4) is 0 Å². The maximum atomic E-state index is 12.4. The number of hydrogen-bond donors (Lipinski definition) is 1. The maximum Gasteiger partial charge on any atom is 0.224 e. The predicted molar refractivity (Wildman–Crippen MR) is 95.8 cm³/mol. The van der Waals surface area contributed by atoms with E-state index in [-0.39, 0.29) is 11.3 Å². The molecule has 1 aromatic heterocycles. The summed E-state index contributed by atoms with van der Waals surface area (Å²) in [5.41, 5.74) is 2.38. The van der Waals surface area contributed by atoms with Crippen molar-refractivity contribution in [3.05, 3.63) is 66.0 Å². The maximum absolute atomic E-state index is 12.4. The van der Waals surface area contributed by atoms with Crippen molar-refractivity contribution < 1.29 is 4.79 Å². The zero-order valence-electron chi connectivity index (χ0n) is 14.2. The second kappa shape index (κ2) is 7.58. The Bertz CT molecular complexity index is 649. The summed E-state index contributed by atoms with van der Waals surface area (Å²) in [7, 11) is 2.16. The van der Waals surface area contributed by atoms with Gasteiger partial charge in [0.15, 0.2) is 0 Å². The Labute approximate surface area is 143 Å². The van der Waals surface area contributed by atoms with Crippen LogP contribution in [0.2, 0.25) is 0 Å². The molecule has 0 radical (unpaired) electrons. The van der Waals surface area contributed by atoms with Gasteiger partial charge in [-0.3, -0.25) is 9.78 Å². The molecular weight excluding hydrogens is 298 g/mol. The quantitative estimate of drug-likeness (QED) is 0.919. The number of amides is 1. The molecule has 2 heterocycles. The van der Waals surface area contributed by atoms with Crippen molar-refractivity contribution in [1.29, 1.82) is 0 Å². The number of aromatic nitrogens is 1. The average Bonchev–Trinajstić information content (AvgIpc) is 2.63. The molecule has 24 heavy (non-hydrogen) atoms. The molecule has 3 rings (SSSR count). The van der Waals surface area contributed by atoms with Crippen molar-refractivity contribution in [2.75, 3.05) is 26.7 Å². The summed E-state index contributed by atoms with van der Waals surface area (Å²) in [6, 6.07) is 14.4. The van der Waals surface area contributed by atoms with Crippen LogP contribution in [0.4, 0.5) is 0 Å². The molecule has 1 N–H and O–H groups in total. The lowest BCUT2D eigenvalue weighted by atomic mass is 9.72. The Balaban J connectivity index is 1.67. The van der Waals surface area contributed by atoms with Crippen LogP contribution in [0.15, 0.2) is 54.9 Å². The van der Waals surface area contributed by atoms with E-state index in [0.29, 0.717) is 13.0 Å². The Morgan fingerprint density at radius 3 is 2.46 bits per heavy atom. The Hall–Kier alpha value is -2.20. The Morgan fingerprint density at radius 1 is 1.12 bits per heavy atom. The van der Waals surface area contributed by atoms with E-state index in [1.807, 2.05) is 18.2 Å². The molecule has 126 valence electrons. The van der Waals surface area contributed by atoms with E-state index in [9.17, 15) is 4.79 Å². The third-order valence-electron chi connectivity index (χ3n) is 5.07. The van der Waals surface area contributed by atoms with Crippen molar-refractivity contribution in [2.45, 2.75) is 24.7 Å². The number of piperidine rings is 1. The minimum atomic E-state index is 0.0433. The van der Waals surface area contributed by atoms with Crippen LogP contribution in [-0.2, 0) is 16.6 Å². The van der Waals surface area contributed by atoms with Gasteiger partial charge in [0.05, 0.1) is 6.42 Å². The highest BCUT2D eigenvalue weighted by Crippen LogP contribution is 2.34. The van der Waals surface area contributed by atoms with Crippen LogP contribution in [-0.4, -0.2) is 42.5 Å². The number of hydrogen-bond acceptors (Lipinski definition) is 3. The van der Waals surface area contributed by atoms with E-state index in [2.05, 4.69) is 46.5 Å². The summed E-state index contributed by atoms with van der Waals surface area (Å²) in [5, 5.41) is 3.18. The molecule has 0 saturated carbocycles. The van der Waals surface area contributed by atoms with E-state index in [4.69, 9.17) is 0 Å². The summed E-state index contributed by atoms with van der Waals surface area (Å²) < 4.78 is 0. The summed E-state index contributed by atoms with van der Waals surface area (Å²) in [5.74, 6) is 0.0791. The Morgan fingerprint density at radius 2 is 1.79 bits per heavy atom. The van der Waals surface area contributed by atoms with Crippen molar-refractivity contribution in [3.63, 3.8) is 0 Å². The molecule has 4 heteroatoms. The smallest absolute Gasteiger partial charge is 0.224 e. The number of benzene rings is 1.